The van der Waals surface area contributed by atoms with Crippen molar-refractivity contribution in [3.05, 3.63) is 71.5 Å². The second-order valence-electron chi connectivity index (χ2n) is 6.40. The molecule has 1 saturated heterocycles. The molecule has 1 fully saturated rings. The van der Waals surface area contributed by atoms with Gasteiger partial charge in [0.2, 0.25) is 5.91 Å². The molecule has 0 aliphatic carbocycles. The summed E-state index contributed by atoms with van der Waals surface area (Å²) in [5.74, 6) is -1.79. The number of hydrazine groups is 1. The largest absolute Gasteiger partial charge is 0.359 e. The maximum Gasteiger partial charge on any atom is 0.269 e. The highest BCUT2D eigenvalue weighted by Crippen LogP contribution is 2.22. The summed E-state index contributed by atoms with van der Waals surface area (Å²) in [6.45, 7) is 0.214. The number of hydrogen-bond donors (Lipinski definition) is 2. The predicted molar refractivity (Wildman–Crippen MR) is 108 cm³/mol. The summed E-state index contributed by atoms with van der Waals surface area (Å²) in [6, 6.07) is 13.2. The molecule has 0 bridgehead atoms. The quantitative estimate of drug-likeness (QED) is 0.702. The van der Waals surface area contributed by atoms with Gasteiger partial charge in [-0.3, -0.25) is 24.7 Å². The van der Waals surface area contributed by atoms with Gasteiger partial charge >= 0.3 is 0 Å². The summed E-state index contributed by atoms with van der Waals surface area (Å²) >= 11 is 5.42. The van der Waals surface area contributed by atoms with Gasteiger partial charge in [0.05, 0.1) is 13.0 Å². The monoisotopic (exact) mass is 414 g/mol. The van der Waals surface area contributed by atoms with Crippen molar-refractivity contribution in [3.8, 4) is 0 Å². The van der Waals surface area contributed by atoms with Gasteiger partial charge in [0.15, 0.2) is 5.11 Å². The SMILES string of the molecule is CNC(=O)CC1C(=O)N(Cc2ccccc2)C(=S)N1NC(=O)c1ccc(F)cc1. The van der Waals surface area contributed by atoms with Gasteiger partial charge in [-0.05, 0) is 42.0 Å². The van der Waals surface area contributed by atoms with Gasteiger partial charge in [-0.2, -0.15) is 0 Å². The molecule has 1 aliphatic rings. The average Bonchev–Trinajstić information content (AvgIpc) is 2.93. The molecule has 7 nitrogen and oxygen atoms in total. The Morgan fingerprint density at radius 2 is 1.76 bits per heavy atom. The number of rotatable bonds is 6. The molecule has 0 radical (unpaired) electrons. The molecule has 1 heterocycles. The summed E-state index contributed by atoms with van der Waals surface area (Å²) in [7, 11) is 1.46. The van der Waals surface area contributed by atoms with Crippen LogP contribution >= 0.6 is 12.2 Å². The third kappa shape index (κ3) is 4.57. The normalized spacial score (nSPS) is 16.1. The third-order valence-corrected chi connectivity index (χ3v) is 4.89. The first-order valence-electron chi connectivity index (χ1n) is 8.86. The van der Waals surface area contributed by atoms with Crippen molar-refractivity contribution >= 4 is 35.1 Å². The van der Waals surface area contributed by atoms with E-state index in [9.17, 15) is 18.8 Å². The molecule has 29 heavy (non-hydrogen) atoms. The lowest BCUT2D eigenvalue weighted by Crippen LogP contribution is -2.50. The smallest absolute Gasteiger partial charge is 0.269 e. The molecule has 1 unspecified atom stereocenters. The maximum atomic E-state index is 13.1. The first-order valence-corrected chi connectivity index (χ1v) is 9.27. The number of nitrogens with zero attached hydrogens (tertiary/aromatic N) is 2. The molecule has 2 aromatic carbocycles. The predicted octanol–water partition coefficient (Wildman–Crippen LogP) is 1.60. The van der Waals surface area contributed by atoms with Crippen molar-refractivity contribution in [2.75, 3.05) is 7.05 Å². The van der Waals surface area contributed by atoms with E-state index >= 15 is 0 Å². The van der Waals surface area contributed by atoms with E-state index < -0.39 is 17.8 Å². The molecule has 0 spiro atoms. The molecule has 0 aromatic heterocycles. The van der Waals surface area contributed by atoms with Crippen molar-refractivity contribution < 1.29 is 18.8 Å². The van der Waals surface area contributed by atoms with Gasteiger partial charge in [0.1, 0.15) is 11.9 Å². The highest BCUT2D eigenvalue weighted by molar-refractivity contribution is 7.80. The van der Waals surface area contributed by atoms with E-state index in [0.717, 1.165) is 17.7 Å². The molecule has 3 rings (SSSR count). The highest BCUT2D eigenvalue weighted by Gasteiger charge is 2.44. The lowest BCUT2D eigenvalue weighted by molar-refractivity contribution is -0.132. The molecular weight excluding hydrogens is 395 g/mol. The van der Waals surface area contributed by atoms with E-state index in [-0.39, 0.29) is 35.5 Å². The van der Waals surface area contributed by atoms with Crippen LogP contribution in [0.5, 0.6) is 0 Å². The van der Waals surface area contributed by atoms with Crippen molar-refractivity contribution in [2.45, 2.75) is 19.0 Å². The average molecular weight is 414 g/mol. The van der Waals surface area contributed by atoms with Crippen LogP contribution < -0.4 is 10.7 Å². The topological polar surface area (TPSA) is 81.8 Å². The number of halogens is 1. The fourth-order valence-electron chi connectivity index (χ4n) is 2.92. The molecule has 2 N–H and O–H groups in total. The Bertz CT molecular complexity index is 937. The van der Waals surface area contributed by atoms with Crippen LogP contribution in [-0.4, -0.2) is 45.8 Å². The summed E-state index contributed by atoms with van der Waals surface area (Å²) in [6.07, 6.45) is -0.176. The van der Waals surface area contributed by atoms with Crippen LogP contribution in [0.25, 0.3) is 0 Å². The number of amides is 3. The first kappa shape index (κ1) is 20.4. The van der Waals surface area contributed by atoms with Gasteiger partial charge in [-0.1, -0.05) is 30.3 Å². The van der Waals surface area contributed by atoms with E-state index in [4.69, 9.17) is 12.2 Å². The van der Waals surface area contributed by atoms with Gasteiger partial charge in [-0.15, -0.1) is 0 Å². The zero-order valence-corrected chi connectivity index (χ0v) is 16.4. The number of hydrogen-bond acceptors (Lipinski definition) is 4. The molecule has 3 amide bonds. The van der Waals surface area contributed by atoms with Gasteiger partial charge < -0.3 is 5.32 Å². The number of nitrogens with one attached hydrogen (secondary N) is 2. The number of thiocarbonyl (C=S) groups is 1. The zero-order valence-electron chi connectivity index (χ0n) is 15.6. The standard InChI is InChI=1S/C20H19FN4O3S/c1-22-17(26)11-16-19(28)24(12-13-5-3-2-4-6-13)20(29)25(16)23-18(27)14-7-9-15(21)10-8-14/h2-10,16H,11-12H2,1H3,(H,22,26)(H,23,27). The minimum atomic E-state index is -0.976. The number of carbonyl (C=O) groups excluding carboxylic acids is 3. The minimum absolute atomic E-state index is 0.0863. The number of carbonyl (C=O) groups is 3. The molecule has 150 valence electrons. The molecule has 1 atom stereocenters. The van der Waals surface area contributed by atoms with Crippen molar-refractivity contribution in [1.82, 2.24) is 20.7 Å². The van der Waals surface area contributed by atoms with E-state index in [2.05, 4.69) is 10.7 Å². The summed E-state index contributed by atoms with van der Waals surface area (Å²) in [5, 5.41) is 3.78. The molecular formula is C20H19FN4O3S. The van der Waals surface area contributed by atoms with E-state index in [0.29, 0.717) is 0 Å². The Hall–Kier alpha value is -3.33. The Labute approximate surface area is 172 Å². The maximum absolute atomic E-state index is 13.1. The van der Waals surface area contributed by atoms with Crippen LogP contribution in [0.1, 0.15) is 22.3 Å². The van der Waals surface area contributed by atoms with E-state index in [1.54, 1.807) is 0 Å². The zero-order chi connectivity index (χ0) is 21.0. The van der Waals surface area contributed by atoms with E-state index in [1.165, 1.54) is 29.1 Å². The Morgan fingerprint density at radius 1 is 1.10 bits per heavy atom. The van der Waals surface area contributed by atoms with Crippen LogP contribution in [0.3, 0.4) is 0 Å². The number of benzene rings is 2. The van der Waals surface area contributed by atoms with Crippen molar-refractivity contribution in [3.63, 3.8) is 0 Å². The lowest BCUT2D eigenvalue weighted by Gasteiger charge is -2.24. The Kier molecular flexibility index (Phi) is 6.18. The van der Waals surface area contributed by atoms with Gasteiger partial charge in [0.25, 0.3) is 11.8 Å². The third-order valence-electron chi connectivity index (χ3n) is 4.47. The van der Waals surface area contributed by atoms with Crippen LogP contribution in [0, 0.1) is 5.82 Å². The first-order chi connectivity index (χ1) is 13.9. The van der Waals surface area contributed by atoms with Gasteiger partial charge in [-0.25, -0.2) is 9.40 Å². The van der Waals surface area contributed by atoms with E-state index in [1.807, 2.05) is 30.3 Å². The van der Waals surface area contributed by atoms with Crippen molar-refractivity contribution in [1.29, 1.82) is 0 Å². The van der Waals surface area contributed by atoms with Crippen molar-refractivity contribution in [2.24, 2.45) is 0 Å². The second kappa shape index (κ2) is 8.78. The summed E-state index contributed by atoms with van der Waals surface area (Å²) in [4.78, 5) is 38.8. The Morgan fingerprint density at radius 3 is 2.38 bits per heavy atom. The molecule has 0 saturated carbocycles. The Balaban J connectivity index is 1.83. The summed E-state index contributed by atoms with van der Waals surface area (Å²) < 4.78 is 13.1. The fourth-order valence-corrected chi connectivity index (χ4v) is 3.24. The van der Waals surface area contributed by atoms with Crippen LogP contribution in [0.4, 0.5) is 4.39 Å². The second-order valence-corrected chi connectivity index (χ2v) is 6.77. The fraction of sp³-hybridized carbons (Fsp3) is 0.200. The summed E-state index contributed by atoms with van der Waals surface area (Å²) in [5.41, 5.74) is 3.63. The molecule has 9 heteroatoms. The van der Waals surface area contributed by atoms with Gasteiger partial charge in [0, 0.05) is 12.6 Å². The lowest BCUT2D eigenvalue weighted by atomic mass is 10.1. The minimum Gasteiger partial charge on any atom is -0.359 e. The van der Waals surface area contributed by atoms with Crippen LogP contribution in [0.15, 0.2) is 54.6 Å². The van der Waals surface area contributed by atoms with Crippen LogP contribution in [-0.2, 0) is 16.1 Å². The molecule has 2 aromatic rings. The molecule has 1 aliphatic heterocycles. The highest BCUT2D eigenvalue weighted by atomic mass is 32.1. The van der Waals surface area contributed by atoms with Crippen LogP contribution in [0.2, 0.25) is 0 Å².